The van der Waals surface area contributed by atoms with Gasteiger partial charge in [-0.15, -0.1) is 0 Å². The molecular weight excluding hydrogens is 537 g/mol. The van der Waals surface area contributed by atoms with Crippen molar-refractivity contribution < 1.29 is 35.2 Å². The molecule has 3 aromatic rings. The molecule has 0 saturated heterocycles. The first-order valence-corrected chi connectivity index (χ1v) is 15.4. The average molecular weight is 562 g/mol. The summed E-state index contributed by atoms with van der Waals surface area (Å²) in [5.74, 6) is -0.885. The number of sulfonamides is 1. The van der Waals surface area contributed by atoms with Gasteiger partial charge in [-0.1, -0.05) is 60.2 Å². The van der Waals surface area contributed by atoms with Crippen LogP contribution in [-0.2, 0) is 38.8 Å². The fourth-order valence-electron chi connectivity index (χ4n) is 4.12. The Morgan fingerprint density at radius 3 is 1.95 bits per heavy atom. The molecule has 0 saturated carbocycles. The summed E-state index contributed by atoms with van der Waals surface area (Å²) < 4.78 is 81.5. The maximum absolute atomic E-state index is 14.1. The Kier molecular flexibility index (Phi) is 7.15. The first-order chi connectivity index (χ1) is 17.4. The van der Waals surface area contributed by atoms with Crippen LogP contribution in [0, 0.1) is 6.92 Å². The summed E-state index contributed by atoms with van der Waals surface area (Å²) in [6, 6.07) is 18.7. The summed E-state index contributed by atoms with van der Waals surface area (Å²) in [5.41, 5.74) is 0.552. The molecule has 1 N–H and O–H groups in total. The maximum Gasteiger partial charge on any atom is 0.359 e. The lowest BCUT2D eigenvalue weighted by Gasteiger charge is -2.39. The van der Waals surface area contributed by atoms with Crippen LogP contribution in [0.1, 0.15) is 21.5 Å². The highest BCUT2D eigenvalue weighted by atomic mass is 32.2. The molecule has 0 aliphatic heterocycles. The Morgan fingerprint density at radius 2 is 1.35 bits per heavy atom. The lowest BCUT2D eigenvalue weighted by atomic mass is 9.92. The normalized spacial score (nSPS) is 18.2. The van der Waals surface area contributed by atoms with Gasteiger partial charge in [0.15, 0.2) is 5.28 Å². The van der Waals surface area contributed by atoms with E-state index >= 15 is 0 Å². The minimum atomic E-state index is -4.55. The lowest BCUT2D eigenvalue weighted by molar-refractivity contribution is 0.103. The zero-order valence-electron chi connectivity index (χ0n) is 20.1. The lowest BCUT2D eigenvalue weighted by Crippen LogP contribution is -2.48. The van der Waals surface area contributed by atoms with Gasteiger partial charge in [-0.2, -0.15) is 4.72 Å². The van der Waals surface area contributed by atoms with Crippen molar-refractivity contribution in [2.45, 2.75) is 22.0 Å². The Morgan fingerprint density at radius 1 is 0.784 bits per heavy atom. The first kappa shape index (κ1) is 27.1. The van der Waals surface area contributed by atoms with Gasteiger partial charge in [-0.3, -0.25) is 9.36 Å². The van der Waals surface area contributed by atoms with Gasteiger partial charge in [0.2, 0.25) is 25.6 Å². The Hall–Kier alpha value is -2.92. The van der Waals surface area contributed by atoms with E-state index in [1.54, 1.807) is 25.1 Å². The van der Waals surface area contributed by atoms with E-state index in [1.807, 2.05) is 0 Å². The van der Waals surface area contributed by atoms with Crippen LogP contribution in [-0.4, -0.2) is 36.8 Å². The second-order valence-corrected chi connectivity index (χ2v) is 14.3. The predicted molar refractivity (Wildman–Crippen MR) is 137 cm³/mol. The van der Waals surface area contributed by atoms with Crippen molar-refractivity contribution in [3.63, 3.8) is 0 Å². The SMILES string of the molecule is COP(=O)(OC)C1(NS(=O)(=O)c2ccccc2)C=C(S(=O)(=O)c2ccc(C)cc2)C(=O)c2ccccc21. The number of carbonyl (C=O) groups is 1. The van der Waals surface area contributed by atoms with Gasteiger partial charge < -0.3 is 9.05 Å². The van der Waals surface area contributed by atoms with E-state index in [1.165, 1.54) is 60.7 Å². The second kappa shape index (κ2) is 9.75. The number of rotatable bonds is 8. The number of carbonyl (C=O) groups excluding carboxylic acids is 1. The van der Waals surface area contributed by atoms with Crippen LogP contribution in [0.25, 0.3) is 0 Å². The van der Waals surface area contributed by atoms with Crippen molar-refractivity contribution in [1.29, 1.82) is 0 Å². The molecule has 0 amide bonds. The number of hydrogen-bond acceptors (Lipinski definition) is 8. The van der Waals surface area contributed by atoms with Crippen molar-refractivity contribution in [1.82, 2.24) is 4.72 Å². The molecule has 1 unspecified atom stereocenters. The third kappa shape index (κ3) is 4.52. The van der Waals surface area contributed by atoms with E-state index in [4.69, 9.17) is 9.05 Å². The van der Waals surface area contributed by atoms with Gasteiger partial charge in [0.05, 0.1) is 9.79 Å². The van der Waals surface area contributed by atoms with Crippen LogP contribution in [0.2, 0.25) is 0 Å². The van der Waals surface area contributed by atoms with Crippen molar-refractivity contribution in [2.24, 2.45) is 0 Å². The minimum absolute atomic E-state index is 0.0746. The van der Waals surface area contributed by atoms with E-state index in [2.05, 4.69) is 4.72 Å². The molecule has 194 valence electrons. The first-order valence-electron chi connectivity index (χ1n) is 10.9. The molecule has 37 heavy (non-hydrogen) atoms. The van der Waals surface area contributed by atoms with Gasteiger partial charge in [0.25, 0.3) is 0 Å². The zero-order valence-corrected chi connectivity index (χ0v) is 22.6. The Labute approximate surface area is 215 Å². The highest BCUT2D eigenvalue weighted by Gasteiger charge is 2.57. The summed E-state index contributed by atoms with van der Waals surface area (Å²) in [6.45, 7) is 1.77. The third-order valence-corrected chi connectivity index (χ3v) is 11.7. The molecule has 0 bridgehead atoms. The molecule has 12 heteroatoms. The van der Waals surface area contributed by atoms with Gasteiger partial charge >= 0.3 is 7.60 Å². The predicted octanol–water partition coefficient (Wildman–Crippen LogP) is 4.17. The summed E-state index contributed by atoms with van der Waals surface area (Å²) in [5, 5.41) is -2.40. The maximum atomic E-state index is 14.1. The average Bonchev–Trinajstić information content (AvgIpc) is 2.90. The van der Waals surface area contributed by atoms with Gasteiger partial charge in [0.1, 0.15) is 4.91 Å². The van der Waals surface area contributed by atoms with Gasteiger partial charge in [-0.05, 0) is 37.3 Å². The quantitative estimate of drug-likeness (QED) is 0.406. The molecule has 0 heterocycles. The summed E-state index contributed by atoms with van der Waals surface area (Å²) >= 11 is 0. The van der Waals surface area contributed by atoms with Crippen LogP contribution >= 0.6 is 7.60 Å². The molecule has 1 aliphatic carbocycles. The van der Waals surface area contributed by atoms with E-state index < -0.39 is 43.4 Å². The number of Topliss-reactive ketones (excluding diaryl/α,β-unsaturated/α-hetero) is 1. The number of aryl methyl sites for hydroxylation is 1. The topological polar surface area (TPSA) is 133 Å². The number of fused-ring (bicyclic) bond motifs is 1. The highest BCUT2D eigenvalue weighted by Crippen LogP contribution is 2.66. The minimum Gasteiger partial charge on any atom is -0.310 e. The number of hydrogen-bond donors (Lipinski definition) is 1. The standard InChI is InChI=1S/C25H24NO8PS2/c1-18-13-15-19(16-14-18)36(29,30)23-17-25(35(28,33-2)34-3,22-12-8-7-11-21(22)24(23)27)26-37(31,32)20-9-5-4-6-10-20/h4-17,26H,1-3H3. The highest BCUT2D eigenvalue weighted by molar-refractivity contribution is 7.96. The van der Waals surface area contributed by atoms with Crippen LogP contribution in [0.15, 0.2) is 99.6 Å². The largest absolute Gasteiger partial charge is 0.359 e. The van der Waals surface area contributed by atoms with E-state index in [0.29, 0.717) is 0 Å². The molecule has 4 rings (SSSR count). The fourth-order valence-corrected chi connectivity index (χ4v) is 9.16. The molecule has 0 fully saturated rings. The summed E-state index contributed by atoms with van der Waals surface area (Å²) in [6.07, 6.45) is 0.834. The molecule has 0 aromatic heterocycles. The summed E-state index contributed by atoms with van der Waals surface area (Å²) in [7, 11) is -11.4. The van der Waals surface area contributed by atoms with E-state index in [9.17, 15) is 26.2 Å². The van der Waals surface area contributed by atoms with E-state index in [0.717, 1.165) is 25.9 Å². The van der Waals surface area contributed by atoms with Gasteiger partial charge in [-0.25, -0.2) is 16.8 Å². The molecule has 9 nitrogen and oxygen atoms in total. The molecule has 3 aromatic carbocycles. The van der Waals surface area contributed by atoms with Crippen LogP contribution in [0.5, 0.6) is 0 Å². The number of ketones is 1. The number of sulfone groups is 1. The number of allylic oxidation sites excluding steroid dienone is 1. The molecular formula is C25H24NO8PS2. The molecule has 0 radical (unpaired) electrons. The van der Waals surface area contributed by atoms with Crippen molar-refractivity contribution in [3.8, 4) is 0 Å². The fraction of sp³-hybridized carbons (Fsp3) is 0.160. The monoisotopic (exact) mass is 561 g/mol. The molecule has 1 aliphatic rings. The molecule has 0 spiro atoms. The van der Waals surface area contributed by atoms with Gasteiger partial charge in [0, 0.05) is 25.3 Å². The van der Waals surface area contributed by atoms with Crippen molar-refractivity contribution in [2.75, 3.05) is 14.2 Å². The zero-order chi connectivity index (χ0) is 27.1. The smallest absolute Gasteiger partial charge is 0.310 e. The van der Waals surface area contributed by atoms with E-state index in [-0.39, 0.29) is 20.9 Å². The summed E-state index contributed by atoms with van der Waals surface area (Å²) in [4.78, 5) is 12.4. The van der Waals surface area contributed by atoms with Crippen LogP contribution < -0.4 is 4.72 Å². The second-order valence-electron chi connectivity index (χ2n) is 8.25. The van der Waals surface area contributed by atoms with Crippen molar-refractivity contribution in [3.05, 3.63) is 107 Å². The molecule has 1 atom stereocenters. The Balaban J connectivity index is 2.08. The number of benzene rings is 3. The number of nitrogens with one attached hydrogen (secondary N) is 1. The van der Waals surface area contributed by atoms with Crippen LogP contribution in [0.4, 0.5) is 0 Å². The third-order valence-electron chi connectivity index (χ3n) is 6.02. The Bertz CT molecular complexity index is 1640. The van der Waals surface area contributed by atoms with Crippen LogP contribution in [0.3, 0.4) is 0 Å². The van der Waals surface area contributed by atoms with Crippen molar-refractivity contribution >= 4 is 33.2 Å².